The normalized spacial score (nSPS) is 35.8. The second kappa shape index (κ2) is 3.17. The number of carbonyl (C=O) groups excluding carboxylic acids is 1. The highest BCUT2D eigenvalue weighted by molar-refractivity contribution is 5.74. The van der Waals surface area contributed by atoms with E-state index < -0.39 is 0 Å². The van der Waals surface area contributed by atoms with Crippen LogP contribution in [0.5, 0.6) is 0 Å². The Morgan fingerprint density at radius 1 is 1.38 bits per heavy atom. The third-order valence-corrected chi connectivity index (χ3v) is 2.93. The molecule has 0 aromatic rings. The number of ether oxygens (including phenoxy) is 1. The lowest BCUT2D eigenvalue weighted by atomic mass is 9.94. The molecule has 2 nitrogen and oxygen atoms in total. The first-order chi connectivity index (χ1) is 6.16. The summed E-state index contributed by atoms with van der Waals surface area (Å²) in [5.41, 5.74) is 0. The van der Waals surface area contributed by atoms with Gasteiger partial charge in [-0.1, -0.05) is 12.2 Å². The van der Waals surface area contributed by atoms with Gasteiger partial charge in [0.05, 0.1) is 12.0 Å². The zero-order valence-corrected chi connectivity index (χ0v) is 8.19. The third-order valence-electron chi connectivity index (χ3n) is 2.93. The average molecular weight is 180 g/mol. The molecule has 2 aliphatic rings. The Balaban J connectivity index is 1.95. The molecule has 3 atom stereocenters. The number of rotatable bonds is 2. The van der Waals surface area contributed by atoms with Crippen molar-refractivity contribution in [3.8, 4) is 0 Å². The summed E-state index contributed by atoms with van der Waals surface area (Å²) < 4.78 is 5.21. The van der Waals surface area contributed by atoms with Gasteiger partial charge in [-0.15, -0.1) is 0 Å². The molecule has 2 rings (SSSR count). The fourth-order valence-electron chi connectivity index (χ4n) is 2.37. The van der Waals surface area contributed by atoms with Crippen LogP contribution in [0.15, 0.2) is 12.2 Å². The standard InChI is InChI=1S/C11H16O2/c1-7(2)13-11(12)10-6-8-3-4-9(10)5-8/h3-4,7-10H,5-6H2,1-2H3. The molecule has 0 aliphatic heterocycles. The SMILES string of the molecule is CC(C)OC(=O)C1CC2C=CC1C2. The van der Waals surface area contributed by atoms with E-state index in [1.807, 2.05) is 13.8 Å². The molecule has 2 heteroatoms. The van der Waals surface area contributed by atoms with E-state index in [0.717, 1.165) is 12.8 Å². The van der Waals surface area contributed by atoms with Crippen LogP contribution in [-0.4, -0.2) is 12.1 Å². The van der Waals surface area contributed by atoms with E-state index in [1.165, 1.54) is 0 Å². The van der Waals surface area contributed by atoms with Gasteiger partial charge in [0.25, 0.3) is 0 Å². The van der Waals surface area contributed by atoms with Gasteiger partial charge in [0.15, 0.2) is 0 Å². The molecule has 0 N–H and O–H groups in total. The van der Waals surface area contributed by atoms with Crippen molar-refractivity contribution >= 4 is 5.97 Å². The summed E-state index contributed by atoms with van der Waals surface area (Å²) in [6.07, 6.45) is 6.62. The second-order valence-electron chi connectivity index (χ2n) is 4.37. The molecule has 0 amide bonds. The summed E-state index contributed by atoms with van der Waals surface area (Å²) in [6.45, 7) is 3.81. The van der Waals surface area contributed by atoms with E-state index in [4.69, 9.17) is 4.74 Å². The zero-order valence-electron chi connectivity index (χ0n) is 8.19. The summed E-state index contributed by atoms with van der Waals surface area (Å²) in [5, 5.41) is 0. The van der Waals surface area contributed by atoms with Gasteiger partial charge in [-0.05, 0) is 38.5 Å². The van der Waals surface area contributed by atoms with E-state index >= 15 is 0 Å². The first-order valence-corrected chi connectivity index (χ1v) is 5.05. The monoisotopic (exact) mass is 180 g/mol. The molecule has 0 saturated heterocycles. The fourth-order valence-corrected chi connectivity index (χ4v) is 2.37. The van der Waals surface area contributed by atoms with Crippen molar-refractivity contribution in [2.75, 3.05) is 0 Å². The lowest BCUT2D eigenvalue weighted by molar-refractivity contribution is -0.153. The van der Waals surface area contributed by atoms with Crippen LogP contribution in [0.2, 0.25) is 0 Å². The Hall–Kier alpha value is -0.790. The summed E-state index contributed by atoms with van der Waals surface area (Å²) in [6, 6.07) is 0. The fraction of sp³-hybridized carbons (Fsp3) is 0.727. The Kier molecular flexibility index (Phi) is 2.14. The Bertz CT molecular complexity index is 242. The minimum Gasteiger partial charge on any atom is -0.463 e. The predicted molar refractivity (Wildman–Crippen MR) is 50.1 cm³/mol. The van der Waals surface area contributed by atoms with Crippen molar-refractivity contribution in [2.45, 2.75) is 32.8 Å². The number of hydrogen-bond acceptors (Lipinski definition) is 2. The molecule has 0 aromatic carbocycles. The predicted octanol–water partition coefficient (Wildman–Crippen LogP) is 2.15. The highest BCUT2D eigenvalue weighted by atomic mass is 16.5. The smallest absolute Gasteiger partial charge is 0.309 e. The first kappa shape index (κ1) is 8.79. The van der Waals surface area contributed by atoms with E-state index in [9.17, 15) is 4.79 Å². The minimum absolute atomic E-state index is 0.00634. The van der Waals surface area contributed by atoms with Crippen LogP contribution in [0.3, 0.4) is 0 Å². The Morgan fingerprint density at radius 2 is 2.15 bits per heavy atom. The maximum atomic E-state index is 11.6. The maximum absolute atomic E-state index is 11.6. The lowest BCUT2D eigenvalue weighted by Crippen LogP contribution is -2.24. The molecule has 13 heavy (non-hydrogen) atoms. The van der Waals surface area contributed by atoms with Gasteiger partial charge in [-0.25, -0.2) is 0 Å². The van der Waals surface area contributed by atoms with Crippen molar-refractivity contribution in [1.29, 1.82) is 0 Å². The average Bonchev–Trinajstić information content (AvgIpc) is 2.62. The topological polar surface area (TPSA) is 26.3 Å². The number of esters is 1. The van der Waals surface area contributed by atoms with Crippen molar-refractivity contribution in [3.05, 3.63) is 12.2 Å². The zero-order chi connectivity index (χ0) is 9.42. The van der Waals surface area contributed by atoms with Crippen molar-refractivity contribution in [1.82, 2.24) is 0 Å². The molecule has 0 aromatic heterocycles. The Morgan fingerprint density at radius 3 is 2.62 bits per heavy atom. The van der Waals surface area contributed by atoms with Crippen LogP contribution < -0.4 is 0 Å². The van der Waals surface area contributed by atoms with Crippen molar-refractivity contribution < 1.29 is 9.53 Å². The molecule has 0 heterocycles. The van der Waals surface area contributed by atoms with E-state index in [1.54, 1.807) is 0 Å². The van der Waals surface area contributed by atoms with Crippen LogP contribution in [0.4, 0.5) is 0 Å². The maximum Gasteiger partial charge on any atom is 0.309 e. The van der Waals surface area contributed by atoms with Gasteiger partial charge in [0.2, 0.25) is 0 Å². The molecular formula is C11H16O2. The van der Waals surface area contributed by atoms with Gasteiger partial charge in [0.1, 0.15) is 0 Å². The van der Waals surface area contributed by atoms with Crippen LogP contribution >= 0.6 is 0 Å². The quantitative estimate of drug-likeness (QED) is 0.481. The van der Waals surface area contributed by atoms with Gasteiger partial charge < -0.3 is 4.74 Å². The van der Waals surface area contributed by atoms with Crippen LogP contribution in [0.1, 0.15) is 26.7 Å². The molecule has 0 spiro atoms. The molecule has 2 bridgehead atoms. The van der Waals surface area contributed by atoms with Crippen LogP contribution in [0.25, 0.3) is 0 Å². The van der Waals surface area contributed by atoms with Crippen LogP contribution in [0, 0.1) is 17.8 Å². The first-order valence-electron chi connectivity index (χ1n) is 5.05. The Labute approximate surface area is 79.0 Å². The third kappa shape index (κ3) is 1.62. The number of fused-ring (bicyclic) bond motifs is 2. The molecular weight excluding hydrogens is 164 g/mol. The molecule has 3 unspecified atom stereocenters. The number of carbonyl (C=O) groups is 1. The number of allylic oxidation sites excluding steroid dienone is 2. The summed E-state index contributed by atoms with van der Waals surface area (Å²) in [7, 11) is 0. The van der Waals surface area contributed by atoms with Gasteiger partial charge in [-0.3, -0.25) is 4.79 Å². The number of hydrogen-bond donors (Lipinski definition) is 0. The van der Waals surface area contributed by atoms with Crippen molar-refractivity contribution in [3.63, 3.8) is 0 Å². The molecule has 0 radical (unpaired) electrons. The molecule has 2 aliphatic carbocycles. The van der Waals surface area contributed by atoms with Gasteiger partial charge in [-0.2, -0.15) is 0 Å². The van der Waals surface area contributed by atoms with Gasteiger partial charge in [0, 0.05) is 0 Å². The second-order valence-corrected chi connectivity index (χ2v) is 4.37. The highest BCUT2D eigenvalue weighted by Crippen LogP contribution is 2.43. The molecule has 72 valence electrons. The minimum atomic E-state index is 0.00634. The largest absolute Gasteiger partial charge is 0.463 e. The van der Waals surface area contributed by atoms with E-state index in [2.05, 4.69) is 12.2 Å². The van der Waals surface area contributed by atoms with Crippen molar-refractivity contribution in [2.24, 2.45) is 17.8 Å². The highest BCUT2D eigenvalue weighted by Gasteiger charge is 2.40. The summed E-state index contributed by atoms with van der Waals surface area (Å²) >= 11 is 0. The van der Waals surface area contributed by atoms with E-state index in [-0.39, 0.29) is 18.0 Å². The summed E-state index contributed by atoms with van der Waals surface area (Å²) in [4.78, 5) is 11.6. The lowest BCUT2D eigenvalue weighted by Gasteiger charge is -2.18. The van der Waals surface area contributed by atoms with Gasteiger partial charge >= 0.3 is 5.97 Å². The summed E-state index contributed by atoms with van der Waals surface area (Å²) in [5.74, 6) is 1.27. The molecule has 1 saturated carbocycles. The van der Waals surface area contributed by atoms with E-state index in [0.29, 0.717) is 11.8 Å². The van der Waals surface area contributed by atoms with Crippen LogP contribution in [-0.2, 0) is 9.53 Å². The molecule has 1 fully saturated rings.